The Morgan fingerprint density at radius 3 is 2.45 bits per heavy atom. The summed E-state index contributed by atoms with van der Waals surface area (Å²) < 4.78 is 0. The lowest BCUT2D eigenvalue weighted by Crippen LogP contribution is -2.34. The van der Waals surface area contributed by atoms with Gasteiger partial charge in [0, 0.05) is 18.5 Å². The fourth-order valence-corrected chi connectivity index (χ4v) is 3.07. The molecule has 0 unspecified atom stereocenters. The topological polar surface area (TPSA) is 20.3 Å². The lowest BCUT2D eigenvalue weighted by molar-refractivity contribution is 0.0952. The minimum Gasteiger partial charge on any atom is -0.303 e. The largest absolute Gasteiger partial charge is 0.303 e. The highest BCUT2D eigenvalue weighted by molar-refractivity contribution is 5.97. The molecule has 2 nitrogen and oxygen atoms in total. The molecule has 1 aliphatic rings. The van der Waals surface area contributed by atoms with Gasteiger partial charge in [-0.3, -0.25) is 4.79 Å². The number of nitrogens with zero attached hydrogens (tertiary/aromatic N) is 1. The second-order valence-corrected chi connectivity index (χ2v) is 7.98. The van der Waals surface area contributed by atoms with Gasteiger partial charge in [-0.1, -0.05) is 39.8 Å². The normalized spacial score (nSPS) is 17.7. The molecule has 0 atom stereocenters. The maximum atomic E-state index is 12.6. The molecule has 122 valence electrons. The molecule has 1 aliphatic heterocycles. The van der Waals surface area contributed by atoms with Crippen LogP contribution in [0.5, 0.6) is 0 Å². The molecule has 2 rings (SSSR count). The number of carbonyl (C=O) groups excluding carboxylic acids is 1. The third-order valence-corrected chi connectivity index (χ3v) is 4.94. The van der Waals surface area contributed by atoms with E-state index in [1.54, 1.807) is 0 Å². The zero-order valence-corrected chi connectivity index (χ0v) is 14.9. The summed E-state index contributed by atoms with van der Waals surface area (Å²) in [5.41, 5.74) is 3.35. The Labute approximate surface area is 135 Å². The number of likely N-dealkylation sites (tertiary alicyclic amines) is 1. The van der Waals surface area contributed by atoms with E-state index >= 15 is 0 Å². The van der Waals surface area contributed by atoms with E-state index in [1.165, 1.54) is 18.4 Å². The summed E-state index contributed by atoms with van der Waals surface area (Å²) in [7, 11) is 0. The van der Waals surface area contributed by atoms with Crippen LogP contribution < -0.4 is 0 Å². The summed E-state index contributed by atoms with van der Waals surface area (Å²) in [5, 5.41) is 0. The van der Waals surface area contributed by atoms with Gasteiger partial charge in [0.1, 0.15) is 0 Å². The number of carbonyl (C=O) groups is 1. The molecule has 1 aromatic rings. The van der Waals surface area contributed by atoms with Crippen LogP contribution in [0.4, 0.5) is 0 Å². The summed E-state index contributed by atoms with van der Waals surface area (Å²) in [5.74, 6) is 1.14. The number of ketones is 1. The Hall–Kier alpha value is -1.15. The van der Waals surface area contributed by atoms with Crippen molar-refractivity contribution >= 4 is 5.78 Å². The molecule has 0 bridgehead atoms. The lowest BCUT2D eigenvalue weighted by Gasteiger charge is -2.30. The van der Waals surface area contributed by atoms with Crippen molar-refractivity contribution in [3.8, 4) is 0 Å². The lowest BCUT2D eigenvalue weighted by atomic mass is 9.84. The molecule has 0 radical (unpaired) electrons. The average Bonchev–Trinajstić information content (AvgIpc) is 2.45. The maximum absolute atomic E-state index is 12.6. The Bertz CT molecular complexity index is 519. The molecule has 1 heterocycles. The van der Waals surface area contributed by atoms with Gasteiger partial charge in [0.25, 0.3) is 0 Å². The van der Waals surface area contributed by atoms with Gasteiger partial charge in [-0.25, -0.2) is 0 Å². The Balaban J connectivity index is 2.00. The van der Waals surface area contributed by atoms with Gasteiger partial charge in [-0.2, -0.15) is 0 Å². The van der Waals surface area contributed by atoms with Gasteiger partial charge in [0.2, 0.25) is 0 Å². The molecule has 0 aliphatic carbocycles. The molecule has 2 heteroatoms. The predicted molar refractivity (Wildman–Crippen MR) is 93.7 cm³/mol. The third-order valence-electron chi connectivity index (χ3n) is 4.94. The van der Waals surface area contributed by atoms with E-state index in [1.807, 2.05) is 6.92 Å². The van der Waals surface area contributed by atoms with Gasteiger partial charge < -0.3 is 4.90 Å². The van der Waals surface area contributed by atoms with Crippen LogP contribution in [0.25, 0.3) is 0 Å². The molecule has 1 saturated heterocycles. The first kappa shape index (κ1) is 17.2. The van der Waals surface area contributed by atoms with Crippen molar-refractivity contribution in [3.63, 3.8) is 0 Å². The summed E-state index contributed by atoms with van der Waals surface area (Å²) in [6.07, 6.45) is 3.18. The second kappa shape index (κ2) is 6.95. The highest BCUT2D eigenvalue weighted by atomic mass is 16.1. The van der Waals surface area contributed by atoms with E-state index in [9.17, 15) is 4.79 Å². The van der Waals surface area contributed by atoms with Crippen LogP contribution in [0.1, 0.15) is 68.4 Å². The van der Waals surface area contributed by atoms with Crippen molar-refractivity contribution < 1.29 is 4.79 Å². The highest BCUT2D eigenvalue weighted by Crippen LogP contribution is 2.25. The zero-order chi connectivity index (χ0) is 16.3. The summed E-state index contributed by atoms with van der Waals surface area (Å²) in [6, 6.07) is 6.35. The fourth-order valence-electron chi connectivity index (χ4n) is 3.07. The summed E-state index contributed by atoms with van der Waals surface area (Å²) in [4.78, 5) is 15.1. The van der Waals surface area contributed by atoms with Gasteiger partial charge in [-0.15, -0.1) is 0 Å². The first-order valence-electron chi connectivity index (χ1n) is 8.64. The SMILES string of the molecule is Cc1ccc(C(C)(C)C)cc1C(=O)CCN1CCC(C)CC1. The van der Waals surface area contributed by atoms with Gasteiger partial charge >= 0.3 is 0 Å². The molecule has 1 fully saturated rings. The molecular weight excluding hydrogens is 270 g/mol. The molecule has 22 heavy (non-hydrogen) atoms. The van der Waals surface area contributed by atoms with Crippen LogP contribution >= 0.6 is 0 Å². The standard InChI is InChI=1S/C20H31NO/c1-15-8-11-21(12-9-15)13-10-19(22)18-14-17(20(3,4)5)7-6-16(18)2/h6-7,14-15H,8-13H2,1-5H3. The van der Waals surface area contributed by atoms with Gasteiger partial charge in [-0.05, 0) is 61.4 Å². The molecular formula is C20H31NO. The minimum absolute atomic E-state index is 0.0890. The van der Waals surface area contributed by atoms with Crippen LogP contribution in [0, 0.1) is 12.8 Å². The van der Waals surface area contributed by atoms with E-state index in [-0.39, 0.29) is 5.41 Å². The van der Waals surface area contributed by atoms with Crippen LogP contribution in [0.15, 0.2) is 18.2 Å². The third kappa shape index (κ3) is 4.42. The first-order chi connectivity index (χ1) is 10.3. The van der Waals surface area contributed by atoms with E-state index in [0.717, 1.165) is 36.7 Å². The van der Waals surface area contributed by atoms with Crippen molar-refractivity contribution in [2.75, 3.05) is 19.6 Å². The quantitative estimate of drug-likeness (QED) is 0.758. The maximum Gasteiger partial charge on any atom is 0.164 e. The average molecular weight is 301 g/mol. The number of aryl methyl sites for hydroxylation is 1. The zero-order valence-electron chi connectivity index (χ0n) is 14.9. The van der Waals surface area contributed by atoms with Gasteiger partial charge in [0.05, 0.1) is 0 Å². The molecule has 0 aromatic heterocycles. The van der Waals surface area contributed by atoms with Crippen molar-refractivity contribution in [3.05, 3.63) is 34.9 Å². The highest BCUT2D eigenvalue weighted by Gasteiger charge is 2.19. The molecule has 0 amide bonds. The number of rotatable bonds is 4. The molecule has 0 spiro atoms. The molecule has 0 N–H and O–H groups in total. The minimum atomic E-state index is 0.0890. The number of hydrogen-bond donors (Lipinski definition) is 0. The van der Waals surface area contributed by atoms with Crippen LogP contribution in [-0.2, 0) is 5.41 Å². The monoisotopic (exact) mass is 301 g/mol. The van der Waals surface area contributed by atoms with Crippen molar-refractivity contribution in [1.29, 1.82) is 0 Å². The van der Waals surface area contributed by atoms with E-state index in [2.05, 4.69) is 50.8 Å². The smallest absolute Gasteiger partial charge is 0.164 e. The van der Waals surface area contributed by atoms with E-state index in [4.69, 9.17) is 0 Å². The van der Waals surface area contributed by atoms with Crippen molar-refractivity contribution in [1.82, 2.24) is 4.90 Å². The van der Waals surface area contributed by atoms with Crippen LogP contribution in [0.3, 0.4) is 0 Å². The number of piperidine rings is 1. The van der Waals surface area contributed by atoms with Crippen molar-refractivity contribution in [2.45, 2.75) is 59.3 Å². The number of Topliss-reactive ketones (excluding diaryl/α,β-unsaturated/α-hetero) is 1. The predicted octanol–water partition coefficient (Wildman–Crippen LogP) is 4.60. The molecule has 0 saturated carbocycles. The Morgan fingerprint density at radius 2 is 1.86 bits per heavy atom. The molecule has 1 aromatic carbocycles. The van der Waals surface area contributed by atoms with Crippen molar-refractivity contribution in [2.24, 2.45) is 5.92 Å². The fraction of sp³-hybridized carbons (Fsp3) is 0.650. The van der Waals surface area contributed by atoms with E-state index in [0.29, 0.717) is 12.2 Å². The number of benzene rings is 1. The van der Waals surface area contributed by atoms with Crippen LogP contribution in [0.2, 0.25) is 0 Å². The Morgan fingerprint density at radius 1 is 1.23 bits per heavy atom. The second-order valence-electron chi connectivity index (χ2n) is 7.98. The van der Waals surface area contributed by atoms with E-state index < -0.39 is 0 Å². The number of hydrogen-bond acceptors (Lipinski definition) is 2. The summed E-state index contributed by atoms with van der Waals surface area (Å²) in [6.45, 7) is 14.2. The Kier molecular flexibility index (Phi) is 5.44. The first-order valence-corrected chi connectivity index (χ1v) is 8.64. The van der Waals surface area contributed by atoms with Crippen LogP contribution in [-0.4, -0.2) is 30.3 Å². The summed E-state index contributed by atoms with van der Waals surface area (Å²) >= 11 is 0. The van der Waals surface area contributed by atoms with Gasteiger partial charge in [0.15, 0.2) is 5.78 Å².